The zero-order valence-corrected chi connectivity index (χ0v) is 21.8. The molecule has 0 aliphatic carbocycles. The van der Waals surface area contributed by atoms with Crippen LogP contribution < -0.4 is 9.47 Å². The van der Waals surface area contributed by atoms with Crippen molar-refractivity contribution >= 4 is 17.0 Å². The van der Waals surface area contributed by atoms with Crippen molar-refractivity contribution in [3.63, 3.8) is 0 Å². The molecule has 0 aliphatic heterocycles. The van der Waals surface area contributed by atoms with E-state index in [0.29, 0.717) is 16.9 Å². The molecule has 1 N–H and O–H groups in total. The molecule has 0 spiro atoms. The largest absolute Gasteiger partial charge is 0.494 e. The summed E-state index contributed by atoms with van der Waals surface area (Å²) in [6.07, 6.45) is -0.0769. The maximum absolute atomic E-state index is 15.3. The molecular formula is C30H21F3N4O4. The van der Waals surface area contributed by atoms with Crippen LogP contribution in [0.4, 0.5) is 13.2 Å². The lowest BCUT2D eigenvalue weighted by atomic mass is 10.0. The van der Waals surface area contributed by atoms with E-state index < -0.39 is 23.4 Å². The third-order valence-electron chi connectivity index (χ3n) is 6.55. The first-order valence-corrected chi connectivity index (χ1v) is 12.2. The van der Waals surface area contributed by atoms with Crippen molar-refractivity contribution in [2.75, 3.05) is 7.11 Å². The second kappa shape index (κ2) is 11.0. The number of carbonyl (C=O) groups is 1. The van der Waals surface area contributed by atoms with Crippen LogP contribution in [0.25, 0.3) is 22.3 Å². The Balaban J connectivity index is 1.40. The Morgan fingerprint density at radius 2 is 1.78 bits per heavy atom. The van der Waals surface area contributed by atoms with Crippen molar-refractivity contribution in [1.82, 2.24) is 14.5 Å². The van der Waals surface area contributed by atoms with Gasteiger partial charge in [-0.1, -0.05) is 12.1 Å². The molecule has 0 aliphatic rings. The number of methoxy groups -OCH3 is 1. The van der Waals surface area contributed by atoms with Gasteiger partial charge in [-0.2, -0.15) is 5.26 Å². The first-order chi connectivity index (χ1) is 19.7. The Bertz CT molecular complexity index is 1860. The Hall–Kier alpha value is -5.37. The molecule has 3 aromatic carbocycles. The zero-order chi connectivity index (χ0) is 29.3. The highest BCUT2D eigenvalue weighted by Crippen LogP contribution is 2.30. The highest BCUT2D eigenvalue weighted by molar-refractivity contribution is 5.95. The highest BCUT2D eigenvalue weighted by atomic mass is 19.1. The quantitative estimate of drug-likeness (QED) is 0.256. The van der Waals surface area contributed by atoms with Crippen LogP contribution in [0.15, 0.2) is 60.7 Å². The summed E-state index contributed by atoms with van der Waals surface area (Å²) in [5, 5.41) is 18.3. The molecule has 0 saturated carbocycles. The number of aryl methyl sites for hydroxylation is 1. The fourth-order valence-electron chi connectivity index (χ4n) is 4.36. The lowest BCUT2D eigenvalue weighted by Crippen LogP contribution is -2.04. The van der Waals surface area contributed by atoms with Crippen LogP contribution in [0.3, 0.4) is 0 Å². The molecule has 0 bridgehead atoms. The van der Waals surface area contributed by atoms with Gasteiger partial charge in [0.2, 0.25) is 5.88 Å². The van der Waals surface area contributed by atoms with Gasteiger partial charge in [0.05, 0.1) is 35.5 Å². The molecule has 0 atom stereocenters. The Morgan fingerprint density at radius 3 is 2.49 bits per heavy atom. The van der Waals surface area contributed by atoms with Gasteiger partial charge >= 0.3 is 5.97 Å². The summed E-state index contributed by atoms with van der Waals surface area (Å²) in [7, 11) is 3.04. The molecular weight excluding hydrogens is 537 g/mol. The van der Waals surface area contributed by atoms with Crippen molar-refractivity contribution in [3.8, 4) is 29.0 Å². The predicted molar refractivity (Wildman–Crippen MR) is 142 cm³/mol. The van der Waals surface area contributed by atoms with Crippen LogP contribution in [-0.4, -0.2) is 32.7 Å². The van der Waals surface area contributed by atoms with E-state index in [2.05, 4.69) is 9.97 Å². The van der Waals surface area contributed by atoms with Gasteiger partial charge in [-0.15, -0.1) is 0 Å². The second-order valence-electron chi connectivity index (χ2n) is 9.11. The second-order valence-corrected chi connectivity index (χ2v) is 9.11. The van der Waals surface area contributed by atoms with E-state index in [1.54, 1.807) is 17.7 Å². The number of ether oxygens (including phenoxy) is 2. The smallest absolute Gasteiger partial charge is 0.335 e. The van der Waals surface area contributed by atoms with E-state index in [-0.39, 0.29) is 58.2 Å². The number of rotatable bonds is 8. The number of pyridine rings is 1. The third kappa shape index (κ3) is 5.40. The van der Waals surface area contributed by atoms with Crippen LogP contribution in [-0.2, 0) is 20.1 Å². The molecule has 41 heavy (non-hydrogen) atoms. The Morgan fingerprint density at radius 1 is 1.00 bits per heavy atom. The minimum Gasteiger partial charge on any atom is -0.494 e. The molecule has 206 valence electrons. The van der Waals surface area contributed by atoms with Crippen molar-refractivity contribution in [1.29, 1.82) is 5.26 Å². The number of carboxylic acid groups (broad SMARTS) is 1. The summed E-state index contributed by atoms with van der Waals surface area (Å²) < 4.78 is 57.1. The van der Waals surface area contributed by atoms with Crippen molar-refractivity contribution in [2.45, 2.75) is 13.0 Å². The minimum absolute atomic E-state index is 0.00576. The van der Waals surface area contributed by atoms with Gasteiger partial charge in [-0.3, -0.25) is 0 Å². The standard InChI is InChI=1S/C30H21F3N4O4/c1-37-25-10-19(30(38)39)11-26(40-2)29(25)36-27(37)12-18-9-23(33)20(13-22(18)32)24-4-3-5-28(35-24)41-15-17-7-6-16(14-34)8-21(17)31/h3-11,13H,12,15H2,1-2H3,(H,38,39). The van der Waals surface area contributed by atoms with Gasteiger partial charge in [0, 0.05) is 30.7 Å². The molecule has 2 heterocycles. The summed E-state index contributed by atoms with van der Waals surface area (Å²) in [4.78, 5) is 20.2. The summed E-state index contributed by atoms with van der Waals surface area (Å²) in [6, 6.07) is 15.3. The molecule has 5 aromatic rings. The molecule has 0 fully saturated rings. The Labute approximate surface area is 231 Å². The average Bonchev–Trinajstić information content (AvgIpc) is 3.28. The fourth-order valence-corrected chi connectivity index (χ4v) is 4.36. The predicted octanol–water partition coefficient (Wildman–Crippen LogP) is 5.80. The first kappa shape index (κ1) is 27.2. The lowest BCUT2D eigenvalue weighted by molar-refractivity contribution is 0.0696. The van der Waals surface area contributed by atoms with Crippen LogP contribution in [0.2, 0.25) is 0 Å². The van der Waals surface area contributed by atoms with Crippen molar-refractivity contribution in [3.05, 3.63) is 106 Å². The number of nitriles is 1. The van der Waals surface area contributed by atoms with E-state index in [1.165, 1.54) is 43.5 Å². The number of halogens is 3. The number of aromatic carboxylic acids is 1. The normalized spacial score (nSPS) is 10.9. The number of hydrogen-bond acceptors (Lipinski definition) is 6. The van der Waals surface area contributed by atoms with E-state index in [9.17, 15) is 14.3 Å². The lowest BCUT2D eigenvalue weighted by Gasteiger charge is -2.11. The molecule has 5 rings (SSSR count). The van der Waals surface area contributed by atoms with E-state index in [4.69, 9.17) is 14.7 Å². The van der Waals surface area contributed by atoms with Gasteiger partial charge in [-0.25, -0.2) is 27.9 Å². The number of nitrogens with zero attached hydrogens (tertiary/aromatic N) is 4. The van der Waals surface area contributed by atoms with E-state index in [0.717, 1.165) is 18.2 Å². The molecule has 0 saturated heterocycles. The monoisotopic (exact) mass is 558 g/mol. The molecule has 0 unspecified atom stereocenters. The van der Waals surface area contributed by atoms with E-state index >= 15 is 8.78 Å². The maximum Gasteiger partial charge on any atom is 0.335 e. The first-order valence-electron chi connectivity index (χ1n) is 12.2. The summed E-state index contributed by atoms with van der Waals surface area (Å²) >= 11 is 0. The topological polar surface area (TPSA) is 110 Å². The summed E-state index contributed by atoms with van der Waals surface area (Å²) in [5.74, 6) is -2.47. The molecule has 11 heteroatoms. The van der Waals surface area contributed by atoms with Crippen LogP contribution in [0, 0.1) is 28.8 Å². The van der Waals surface area contributed by atoms with Crippen molar-refractivity contribution < 1.29 is 32.5 Å². The molecule has 0 radical (unpaired) electrons. The maximum atomic E-state index is 15.3. The number of carboxylic acids is 1. The van der Waals surface area contributed by atoms with Crippen LogP contribution >= 0.6 is 0 Å². The minimum atomic E-state index is -1.14. The van der Waals surface area contributed by atoms with Crippen molar-refractivity contribution in [2.24, 2.45) is 7.05 Å². The average molecular weight is 559 g/mol. The SMILES string of the molecule is COc1cc(C(=O)O)cc2c1nc(Cc1cc(F)c(-c3cccc(OCc4ccc(C#N)cc4F)n3)cc1F)n2C. The van der Waals surface area contributed by atoms with Gasteiger partial charge in [-0.05, 0) is 48.0 Å². The van der Waals surface area contributed by atoms with Crippen LogP contribution in [0.1, 0.15) is 32.9 Å². The summed E-state index contributed by atoms with van der Waals surface area (Å²) in [5.41, 5.74) is 1.30. The molecule has 2 aromatic heterocycles. The highest BCUT2D eigenvalue weighted by Gasteiger charge is 2.19. The zero-order valence-electron chi connectivity index (χ0n) is 21.8. The molecule has 8 nitrogen and oxygen atoms in total. The Kier molecular flexibility index (Phi) is 7.31. The number of aromatic nitrogens is 3. The fraction of sp³-hybridized carbons (Fsp3) is 0.133. The van der Waals surface area contributed by atoms with Gasteiger partial charge in [0.25, 0.3) is 0 Å². The number of imidazole rings is 1. The van der Waals surface area contributed by atoms with Crippen LogP contribution in [0.5, 0.6) is 11.6 Å². The number of fused-ring (bicyclic) bond motifs is 1. The number of benzene rings is 3. The summed E-state index contributed by atoms with van der Waals surface area (Å²) in [6.45, 7) is -0.180. The third-order valence-corrected chi connectivity index (χ3v) is 6.55. The van der Waals surface area contributed by atoms with Gasteiger partial charge < -0.3 is 19.1 Å². The van der Waals surface area contributed by atoms with E-state index in [1.807, 2.05) is 6.07 Å². The number of hydrogen-bond donors (Lipinski definition) is 1. The molecule has 0 amide bonds. The van der Waals surface area contributed by atoms with Gasteiger partial charge in [0.1, 0.15) is 41.1 Å². The van der Waals surface area contributed by atoms with Gasteiger partial charge in [0.15, 0.2) is 0 Å².